The molecule has 0 unspecified atom stereocenters. The van der Waals surface area contributed by atoms with E-state index < -0.39 is 6.61 Å². The predicted molar refractivity (Wildman–Crippen MR) is 55.5 cm³/mol. The number of hydrogen-bond acceptors (Lipinski definition) is 4. The minimum absolute atomic E-state index is 0.120. The third kappa shape index (κ3) is 3.62. The van der Waals surface area contributed by atoms with Crippen molar-refractivity contribution in [1.29, 1.82) is 0 Å². The molecular weight excluding hydrogens is 218 g/mol. The van der Waals surface area contributed by atoms with Crippen molar-refractivity contribution in [2.45, 2.75) is 20.5 Å². The second-order valence-electron chi connectivity index (χ2n) is 2.84. The summed E-state index contributed by atoms with van der Waals surface area (Å²) in [6.45, 7) is 1.97. The van der Waals surface area contributed by atoms with Gasteiger partial charge in [-0.05, 0) is 19.9 Å². The van der Waals surface area contributed by atoms with Crippen LogP contribution in [-0.4, -0.2) is 24.7 Å². The molecule has 0 aliphatic carbocycles. The van der Waals surface area contributed by atoms with E-state index in [4.69, 9.17) is 4.84 Å². The van der Waals surface area contributed by atoms with Gasteiger partial charge in [0.1, 0.15) is 0 Å². The molecular formula is C10H14F2N2O2. The zero-order chi connectivity index (χ0) is 12.0. The molecule has 0 radical (unpaired) electrons. The van der Waals surface area contributed by atoms with Crippen LogP contribution in [-0.2, 0) is 4.84 Å². The standard InChI is InChI=1S/C10H14F2N2O2/c1-3-14(15-4-2)8-5-6-13-9(7-8)16-10(11)12/h5-7,10H,3-4H2,1-2H3. The van der Waals surface area contributed by atoms with Crippen LogP contribution in [0.15, 0.2) is 18.3 Å². The summed E-state index contributed by atoms with van der Waals surface area (Å²) >= 11 is 0. The van der Waals surface area contributed by atoms with Gasteiger partial charge in [0.25, 0.3) is 0 Å². The average Bonchev–Trinajstić information content (AvgIpc) is 2.25. The quantitative estimate of drug-likeness (QED) is 0.706. The molecule has 0 spiro atoms. The van der Waals surface area contributed by atoms with Crippen LogP contribution in [0.5, 0.6) is 5.88 Å². The van der Waals surface area contributed by atoms with Gasteiger partial charge in [0.05, 0.1) is 12.3 Å². The lowest BCUT2D eigenvalue weighted by Gasteiger charge is -2.21. The summed E-state index contributed by atoms with van der Waals surface area (Å²) in [6, 6.07) is 3.07. The highest BCUT2D eigenvalue weighted by atomic mass is 19.3. The molecule has 0 aliphatic heterocycles. The maximum atomic E-state index is 12.0. The summed E-state index contributed by atoms with van der Waals surface area (Å²) in [4.78, 5) is 8.97. The van der Waals surface area contributed by atoms with Crippen molar-refractivity contribution in [3.63, 3.8) is 0 Å². The number of halogens is 2. The van der Waals surface area contributed by atoms with E-state index in [0.29, 0.717) is 18.8 Å². The maximum absolute atomic E-state index is 12.0. The molecule has 4 nitrogen and oxygen atoms in total. The molecule has 1 heterocycles. The second kappa shape index (κ2) is 6.22. The molecule has 90 valence electrons. The largest absolute Gasteiger partial charge is 0.417 e. The number of aromatic nitrogens is 1. The van der Waals surface area contributed by atoms with Crippen molar-refractivity contribution in [1.82, 2.24) is 4.98 Å². The Bertz CT molecular complexity index is 323. The summed E-state index contributed by atoms with van der Waals surface area (Å²) in [6.07, 6.45) is 1.40. The van der Waals surface area contributed by atoms with E-state index >= 15 is 0 Å². The van der Waals surface area contributed by atoms with E-state index in [9.17, 15) is 8.78 Å². The summed E-state index contributed by atoms with van der Waals surface area (Å²) in [5, 5.41) is 1.58. The first-order chi connectivity index (χ1) is 7.67. The van der Waals surface area contributed by atoms with Crippen molar-refractivity contribution >= 4 is 5.69 Å². The average molecular weight is 232 g/mol. The number of hydroxylamine groups is 1. The number of anilines is 1. The molecule has 16 heavy (non-hydrogen) atoms. The van der Waals surface area contributed by atoms with E-state index in [1.165, 1.54) is 12.3 Å². The Labute approximate surface area is 92.7 Å². The Morgan fingerprint density at radius 3 is 2.75 bits per heavy atom. The van der Waals surface area contributed by atoms with E-state index in [0.717, 1.165) is 0 Å². The topological polar surface area (TPSA) is 34.6 Å². The third-order valence-corrected chi connectivity index (χ3v) is 1.79. The number of rotatable bonds is 6. The fraction of sp³-hybridized carbons (Fsp3) is 0.500. The van der Waals surface area contributed by atoms with Crippen LogP contribution in [0.3, 0.4) is 0 Å². The predicted octanol–water partition coefficient (Wildman–Crippen LogP) is 2.46. The number of ether oxygens (including phenoxy) is 1. The van der Waals surface area contributed by atoms with Gasteiger partial charge >= 0.3 is 6.61 Å². The lowest BCUT2D eigenvalue weighted by Crippen LogP contribution is -2.23. The molecule has 0 atom stereocenters. The van der Waals surface area contributed by atoms with Crippen LogP contribution in [0.25, 0.3) is 0 Å². The molecule has 6 heteroatoms. The molecule has 0 saturated carbocycles. The maximum Gasteiger partial charge on any atom is 0.388 e. The number of hydrogen-bond donors (Lipinski definition) is 0. The van der Waals surface area contributed by atoms with Gasteiger partial charge < -0.3 is 4.74 Å². The summed E-state index contributed by atoms with van der Waals surface area (Å²) in [7, 11) is 0. The zero-order valence-corrected chi connectivity index (χ0v) is 9.19. The van der Waals surface area contributed by atoms with Crippen LogP contribution in [0.1, 0.15) is 13.8 Å². The molecule has 0 N–H and O–H groups in total. The van der Waals surface area contributed by atoms with Crippen LogP contribution in [0.4, 0.5) is 14.5 Å². The first-order valence-electron chi connectivity index (χ1n) is 4.98. The van der Waals surface area contributed by atoms with E-state index in [-0.39, 0.29) is 5.88 Å². The molecule has 0 aromatic carbocycles. The fourth-order valence-electron chi connectivity index (χ4n) is 1.21. The molecule has 0 saturated heterocycles. The minimum atomic E-state index is -2.87. The first-order valence-corrected chi connectivity index (χ1v) is 4.98. The highest BCUT2D eigenvalue weighted by molar-refractivity contribution is 5.45. The normalized spacial score (nSPS) is 10.6. The van der Waals surface area contributed by atoms with Gasteiger partial charge in [-0.3, -0.25) is 9.90 Å². The van der Waals surface area contributed by atoms with Gasteiger partial charge in [-0.25, -0.2) is 4.98 Å². The summed E-state index contributed by atoms with van der Waals surface area (Å²) < 4.78 is 28.2. The van der Waals surface area contributed by atoms with Crippen LogP contribution >= 0.6 is 0 Å². The van der Waals surface area contributed by atoms with Crippen molar-refractivity contribution in [2.24, 2.45) is 0 Å². The Kier molecular flexibility index (Phi) is 4.91. The van der Waals surface area contributed by atoms with Gasteiger partial charge in [0.15, 0.2) is 0 Å². The Morgan fingerprint density at radius 2 is 2.19 bits per heavy atom. The Morgan fingerprint density at radius 1 is 1.44 bits per heavy atom. The lowest BCUT2D eigenvalue weighted by atomic mass is 10.4. The van der Waals surface area contributed by atoms with Crippen molar-refractivity contribution < 1.29 is 18.4 Å². The monoisotopic (exact) mass is 232 g/mol. The zero-order valence-electron chi connectivity index (χ0n) is 9.19. The Balaban J connectivity index is 2.79. The van der Waals surface area contributed by atoms with E-state index in [2.05, 4.69) is 9.72 Å². The van der Waals surface area contributed by atoms with Crippen molar-refractivity contribution in [3.8, 4) is 5.88 Å². The second-order valence-corrected chi connectivity index (χ2v) is 2.84. The molecule has 0 aliphatic rings. The molecule has 0 amide bonds. The summed E-state index contributed by atoms with van der Waals surface area (Å²) in [5.41, 5.74) is 0.634. The third-order valence-electron chi connectivity index (χ3n) is 1.79. The molecule has 0 fully saturated rings. The van der Waals surface area contributed by atoms with Gasteiger partial charge in [-0.1, -0.05) is 0 Å². The minimum Gasteiger partial charge on any atom is -0.417 e. The number of nitrogens with zero attached hydrogens (tertiary/aromatic N) is 2. The van der Waals surface area contributed by atoms with Crippen molar-refractivity contribution in [3.05, 3.63) is 18.3 Å². The fourth-order valence-corrected chi connectivity index (χ4v) is 1.21. The van der Waals surface area contributed by atoms with Crippen LogP contribution < -0.4 is 9.80 Å². The van der Waals surface area contributed by atoms with Gasteiger partial charge in [-0.2, -0.15) is 8.78 Å². The highest BCUT2D eigenvalue weighted by Gasteiger charge is 2.09. The van der Waals surface area contributed by atoms with Gasteiger partial charge in [-0.15, -0.1) is 0 Å². The smallest absolute Gasteiger partial charge is 0.388 e. The lowest BCUT2D eigenvalue weighted by molar-refractivity contribution is -0.0528. The van der Waals surface area contributed by atoms with Gasteiger partial charge in [0.2, 0.25) is 5.88 Å². The highest BCUT2D eigenvalue weighted by Crippen LogP contribution is 2.20. The molecule has 1 rings (SSSR count). The summed E-state index contributed by atoms with van der Waals surface area (Å²) in [5.74, 6) is -0.120. The van der Waals surface area contributed by atoms with Crippen molar-refractivity contribution in [2.75, 3.05) is 18.2 Å². The molecule has 0 bridgehead atoms. The van der Waals surface area contributed by atoms with E-state index in [1.807, 2.05) is 13.8 Å². The van der Waals surface area contributed by atoms with Crippen LogP contribution in [0.2, 0.25) is 0 Å². The molecule has 1 aromatic heterocycles. The number of pyridine rings is 1. The van der Waals surface area contributed by atoms with E-state index in [1.54, 1.807) is 11.1 Å². The first kappa shape index (κ1) is 12.6. The number of alkyl halides is 2. The molecule has 1 aromatic rings. The SMILES string of the molecule is CCON(CC)c1ccnc(OC(F)F)c1. The Hall–Kier alpha value is -1.43. The van der Waals surface area contributed by atoms with Crippen LogP contribution in [0, 0.1) is 0 Å². The van der Waals surface area contributed by atoms with Gasteiger partial charge in [0, 0.05) is 18.8 Å².